The number of carbonyl (C=O) groups excluding carboxylic acids is 1. The van der Waals surface area contributed by atoms with Gasteiger partial charge in [-0.3, -0.25) is 4.79 Å². The van der Waals surface area contributed by atoms with E-state index >= 15 is 0 Å². The number of anilines is 1. The van der Waals surface area contributed by atoms with Crippen molar-refractivity contribution >= 4 is 11.9 Å². The van der Waals surface area contributed by atoms with E-state index in [1.54, 1.807) is 32.4 Å². The van der Waals surface area contributed by atoms with Crippen LogP contribution in [0.15, 0.2) is 24.5 Å². The van der Waals surface area contributed by atoms with E-state index in [9.17, 15) is 4.79 Å². The van der Waals surface area contributed by atoms with Crippen molar-refractivity contribution in [1.82, 2.24) is 24.6 Å². The number of nitrogen functional groups attached to an aromatic ring is 1. The van der Waals surface area contributed by atoms with Crippen LogP contribution in [0.2, 0.25) is 0 Å². The van der Waals surface area contributed by atoms with Crippen molar-refractivity contribution in [2.24, 2.45) is 0 Å². The fourth-order valence-electron chi connectivity index (χ4n) is 1.29. The Bertz CT molecular complexity index is 547. The Morgan fingerprint density at radius 3 is 2.82 bits per heavy atom. The van der Waals surface area contributed by atoms with Crippen LogP contribution in [0.3, 0.4) is 0 Å². The van der Waals surface area contributed by atoms with Gasteiger partial charge < -0.3 is 10.6 Å². The maximum Gasteiger partial charge on any atom is 0.273 e. The van der Waals surface area contributed by atoms with Gasteiger partial charge in [-0.25, -0.2) is 9.67 Å². The summed E-state index contributed by atoms with van der Waals surface area (Å²) in [5.41, 5.74) is 5.83. The van der Waals surface area contributed by atoms with Crippen LogP contribution in [0.4, 0.5) is 5.95 Å². The smallest absolute Gasteiger partial charge is 0.273 e. The van der Waals surface area contributed by atoms with Crippen LogP contribution in [0.5, 0.6) is 0 Å². The zero-order chi connectivity index (χ0) is 12.4. The summed E-state index contributed by atoms with van der Waals surface area (Å²) in [6.07, 6.45) is 3.19. The molecular weight excluding hydrogens is 220 g/mol. The van der Waals surface area contributed by atoms with Gasteiger partial charge in [0.1, 0.15) is 0 Å². The summed E-state index contributed by atoms with van der Waals surface area (Å²) in [5, 5.41) is 4.12. The fourth-order valence-corrected chi connectivity index (χ4v) is 1.29. The van der Waals surface area contributed by atoms with E-state index in [1.165, 1.54) is 15.8 Å². The summed E-state index contributed by atoms with van der Waals surface area (Å²) in [7, 11) is 3.34. The molecule has 17 heavy (non-hydrogen) atoms. The monoisotopic (exact) mass is 232 g/mol. The van der Waals surface area contributed by atoms with Gasteiger partial charge in [0.15, 0.2) is 11.5 Å². The fraction of sp³-hybridized carbons (Fsp3) is 0.200. The number of rotatable bonds is 2. The second-order valence-electron chi connectivity index (χ2n) is 3.62. The first kappa shape index (κ1) is 11.1. The summed E-state index contributed by atoms with van der Waals surface area (Å²) in [4.78, 5) is 20.9. The lowest BCUT2D eigenvalue weighted by Crippen LogP contribution is -2.22. The summed E-state index contributed by atoms with van der Waals surface area (Å²) in [6, 6.07) is 3.29. The molecule has 0 aromatic carbocycles. The second kappa shape index (κ2) is 4.20. The molecule has 0 aliphatic carbocycles. The zero-order valence-electron chi connectivity index (χ0n) is 9.53. The molecule has 2 aromatic heterocycles. The first-order valence-corrected chi connectivity index (χ1v) is 4.94. The molecule has 0 aliphatic heterocycles. The van der Waals surface area contributed by atoms with Crippen molar-refractivity contribution in [3.05, 3.63) is 30.2 Å². The maximum atomic E-state index is 11.6. The molecule has 7 heteroatoms. The Hall–Kier alpha value is -2.44. The van der Waals surface area contributed by atoms with Gasteiger partial charge in [-0.1, -0.05) is 0 Å². The molecule has 0 fully saturated rings. The standard InChI is InChI=1S/C10H12N6O/c1-15(2)9(17)7-4-6-16(14-7)8-3-5-12-10(11)13-8/h3-6H,1-2H3,(H2,11,12,13). The minimum Gasteiger partial charge on any atom is -0.368 e. The molecule has 0 aliphatic rings. The number of carbonyl (C=O) groups is 1. The summed E-state index contributed by atoms with van der Waals surface area (Å²) >= 11 is 0. The van der Waals surface area contributed by atoms with Crippen molar-refractivity contribution in [3.63, 3.8) is 0 Å². The Kier molecular flexibility index (Phi) is 2.73. The van der Waals surface area contributed by atoms with E-state index in [-0.39, 0.29) is 11.9 Å². The van der Waals surface area contributed by atoms with Gasteiger partial charge in [-0.15, -0.1) is 0 Å². The Morgan fingerprint density at radius 2 is 2.18 bits per heavy atom. The lowest BCUT2D eigenvalue weighted by molar-refractivity contribution is 0.0821. The number of nitrogens with two attached hydrogens (primary N) is 1. The molecular formula is C10H12N6O. The van der Waals surface area contributed by atoms with Crippen LogP contribution in [-0.4, -0.2) is 44.7 Å². The van der Waals surface area contributed by atoms with Crippen LogP contribution in [0, 0.1) is 0 Å². The first-order chi connectivity index (χ1) is 8.08. The van der Waals surface area contributed by atoms with E-state index in [0.29, 0.717) is 11.5 Å². The normalized spacial score (nSPS) is 10.2. The van der Waals surface area contributed by atoms with Gasteiger partial charge in [0.2, 0.25) is 5.95 Å². The second-order valence-corrected chi connectivity index (χ2v) is 3.62. The third-order valence-electron chi connectivity index (χ3n) is 2.11. The van der Waals surface area contributed by atoms with E-state index in [4.69, 9.17) is 5.73 Å². The van der Waals surface area contributed by atoms with E-state index in [2.05, 4.69) is 15.1 Å². The van der Waals surface area contributed by atoms with Gasteiger partial charge in [0.25, 0.3) is 5.91 Å². The van der Waals surface area contributed by atoms with Gasteiger partial charge in [0, 0.05) is 32.6 Å². The molecule has 2 N–H and O–H groups in total. The number of nitrogens with zero attached hydrogens (tertiary/aromatic N) is 5. The lowest BCUT2D eigenvalue weighted by Gasteiger charge is -2.06. The SMILES string of the molecule is CN(C)C(=O)c1ccn(-c2ccnc(N)n2)n1. The van der Waals surface area contributed by atoms with E-state index in [1.807, 2.05) is 0 Å². The molecule has 0 bridgehead atoms. The molecule has 0 radical (unpaired) electrons. The number of amides is 1. The highest BCUT2D eigenvalue weighted by Gasteiger charge is 2.12. The van der Waals surface area contributed by atoms with Crippen molar-refractivity contribution in [2.75, 3.05) is 19.8 Å². The molecule has 0 unspecified atom stereocenters. The summed E-state index contributed by atoms with van der Waals surface area (Å²) in [5.74, 6) is 0.527. The van der Waals surface area contributed by atoms with Gasteiger partial charge in [-0.05, 0) is 6.07 Å². The maximum absolute atomic E-state index is 11.6. The highest BCUT2D eigenvalue weighted by atomic mass is 16.2. The van der Waals surface area contributed by atoms with Gasteiger partial charge in [-0.2, -0.15) is 10.1 Å². The zero-order valence-corrected chi connectivity index (χ0v) is 9.53. The molecule has 0 spiro atoms. The average molecular weight is 232 g/mol. The van der Waals surface area contributed by atoms with E-state index in [0.717, 1.165) is 0 Å². The minimum absolute atomic E-state index is 0.161. The van der Waals surface area contributed by atoms with Crippen LogP contribution >= 0.6 is 0 Å². The average Bonchev–Trinajstić information content (AvgIpc) is 2.77. The van der Waals surface area contributed by atoms with Crippen LogP contribution < -0.4 is 5.73 Å². The number of hydrogen-bond donors (Lipinski definition) is 1. The quantitative estimate of drug-likeness (QED) is 0.783. The summed E-state index contributed by atoms with van der Waals surface area (Å²) < 4.78 is 1.48. The highest BCUT2D eigenvalue weighted by Crippen LogP contribution is 2.06. The molecule has 1 amide bonds. The minimum atomic E-state index is -0.161. The molecule has 2 rings (SSSR count). The van der Waals surface area contributed by atoms with Crippen LogP contribution in [0.1, 0.15) is 10.5 Å². The van der Waals surface area contributed by atoms with Gasteiger partial charge in [0.05, 0.1) is 0 Å². The van der Waals surface area contributed by atoms with Crippen LogP contribution in [0.25, 0.3) is 5.82 Å². The molecule has 2 heterocycles. The van der Waals surface area contributed by atoms with Crippen molar-refractivity contribution in [2.45, 2.75) is 0 Å². The predicted molar refractivity (Wildman–Crippen MR) is 61.6 cm³/mol. The van der Waals surface area contributed by atoms with Crippen molar-refractivity contribution in [3.8, 4) is 5.82 Å². The predicted octanol–water partition coefficient (Wildman–Crippen LogP) is -0.0537. The Balaban J connectivity index is 2.33. The highest BCUT2D eigenvalue weighted by molar-refractivity contribution is 5.91. The largest absolute Gasteiger partial charge is 0.368 e. The third-order valence-corrected chi connectivity index (χ3v) is 2.11. The third kappa shape index (κ3) is 2.22. The molecule has 7 nitrogen and oxygen atoms in total. The van der Waals surface area contributed by atoms with Gasteiger partial charge >= 0.3 is 0 Å². The molecule has 0 atom stereocenters. The van der Waals surface area contributed by atoms with Crippen molar-refractivity contribution in [1.29, 1.82) is 0 Å². The Morgan fingerprint density at radius 1 is 1.41 bits per heavy atom. The topological polar surface area (TPSA) is 89.9 Å². The van der Waals surface area contributed by atoms with Crippen molar-refractivity contribution < 1.29 is 4.79 Å². The summed E-state index contributed by atoms with van der Waals surface area (Å²) in [6.45, 7) is 0. The Labute approximate surface area is 97.9 Å². The lowest BCUT2D eigenvalue weighted by atomic mass is 10.4. The molecule has 2 aromatic rings. The number of hydrogen-bond acceptors (Lipinski definition) is 5. The first-order valence-electron chi connectivity index (χ1n) is 4.94. The number of aromatic nitrogens is 4. The molecule has 0 saturated heterocycles. The van der Waals surface area contributed by atoms with E-state index < -0.39 is 0 Å². The molecule has 0 saturated carbocycles. The molecule has 88 valence electrons. The van der Waals surface area contributed by atoms with Crippen LogP contribution in [-0.2, 0) is 0 Å².